The highest BCUT2D eigenvalue weighted by atomic mass is 16.5. The standard InChI is InChI=1S/C9H6N6O/c1-2-4-7(5-3-1)8-9(11-14-16-8)15-6-10-12-13-15/h1-6H. The molecular weight excluding hydrogens is 208 g/mol. The van der Waals surface area contributed by atoms with Crippen molar-refractivity contribution in [3.8, 4) is 17.1 Å². The Morgan fingerprint density at radius 3 is 2.75 bits per heavy atom. The monoisotopic (exact) mass is 214 g/mol. The smallest absolute Gasteiger partial charge is 0.228 e. The van der Waals surface area contributed by atoms with Gasteiger partial charge in [-0.15, -0.1) is 5.10 Å². The second-order valence-corrected chi connectivity index (χ2v) is 3.05. The average Bonchev–Trinajstić information content (AvgIpc) is 3.01. The Morgan fingerprint density at radius 1 is 1.12 bits per heavy atom. The van der Waals surface area contributed by atoms with Crippen LogP contribution in [0.3, 0.4) is 0 Å². The molecule has 1 aromatic carbocycles. The molecule has 0 radical (unpaired) electrons. The van der Waals surface area contributed by atoms with Crippen molar-refractivity contribution in [2.75, 3.05) is 0 Å². The first-order valence-corrected chi connectivity index (χ1v) is 4.56. The molecule has 0 fully saturated rings. The van der Waals surface area contributed by atoms with Gasteiger partial charge < -0.3 is 4.52 Å². The van der Waals surface area contributed by atoms with Crippen molar-refractivity contribution in [1.82, 2.24) is 30.6 Å². The van der Waals surface area contributed by atoms with Gasteiger partial charge in [-0.05, 0) is 10.4 Å². The van der Waals surface area contributed by atoms with E-state index in [1.54, 1.807) is 0 Å². The Kier molecular flexibility index (Phi) is 1.93. The van der Waals surface area contributed by atoms with Crippen molar-refractivity contribution in [2.24, 2.45) is 0 Å². The number of hydrogen-bond acceptors (Lipinski definition) is 6. The third-order valence-corrected chi connectivity index (χ3v) is 2.07. The summed E-state index contributed by atoms with van der Waals surface area (Å²) >= 11 is 0. The molecule has 0 saturated heterocycles. The van der Waals surface area contributed by atoms with Crippen molar-refractivity contribution in [1.29, 1.82) is 0 Å². The predicted octanol–water partition coefficient (Wildman–Crippen LogP) is 0.712. The third-order valence-electron chi connectivity index (χ3n) is 2.07. The van der Waals surface area contributed by atoms with Gasteiger partial charge in [0, 0.05) is 10.8 Å². The topological polar surface area (TPSA) is 82.5 Å². The first kappa shape index (κ1) is 8.72. The van der Waals surface area contributed by atoms with Crippen LogP contribution in [0.5, 0.6) is 0 Å². The minimum Gasteiger partial charge on any atom is -0.334 e. The molecule has 0 aliphatic carbocycles. The molecule has 0 bridgehead atoms. The van der Waals surface area contributed by atoms with E-state index in [-0.39, 0.29) is 0 Å². The Bertz CT molecular complexity index is 573. The van der Waals surface area contributed by atoms with Crippen molar-refractivity contribution in [3.63, 3.8) is 0 Å². The first-order valence-electron chi connectivity index (χ1n) is 4.56. The van der Waals surface area contributed by atoms with Crippen LogP contribution in [0.1, 0.15) is 0 Å². The number of benzene rings is 1. The van der Waals surface area contributed by atoms with Crippen molar-refractivity contribution >= 4 is 0 Å². The van der Waals surface area contributed by atoms with Crippen LogP contribution < -0.4 is 0 Å². The molecule has 2 heterocycles. The van der Waals surface area contributed by atoms with Crippen LogP contribution in [0.4, 0.5) is 0 Å². The van der Waals surface area contributed by atoms with E-state index < -0.39 is 0 Å². The molecule has 0 aliphatic rings. The molecule has 0 aliphatic heterocycles. The van der Waals surface area contributed by atoms with Gasteiger partial charge in [0.2, 0.25) is 11.6 Å². The van der Waals surface area contributed by atoms with Gasteiger partial charge in [0.25, 0.3) is 0 Å². The summed E-state index contributed by atoms with van der Waals surface area (Å²) in [4.78, 5) is 0. The van der Waals surface area contributed by atoms with Crippen molar-refractivity contribution < 1.29 is 4.52 Å². The maximum Gasteiger partial charge on any atom is 0.228 e. The van der Waals surface area contributed by atoms with Crippen molar-refractivity contribution in [3.05, 3.63) is 36.7 Å². The fourth-order valence-corrected chi connectivity index (χ4v) is 1.37. The maximum absolute atomic E-state index is 5.10. The number of aromatic nitrogens is 6. The van der Waals surface area contributed by atoms with E-state index in [1.165, 1.54) is 11.0 Å². The molecule has 16 heavy (non-hydrogen) atoms. The summed E-state index contributed by atoms with van der Waals surface area (Å²) in [7, 11) is 0. The third kappa shape index (κ3) is 1.34. The lowest BCUT2D eigenvalue weighted by molar-refractivity contribution is 0.403. The summed E-state index contributed by atoms with van der Waals surface area (Å²) in [6, 6.07) is 9.53. The van der Waals surface area contributed by atoms with Crippen LogP contribution in [0.25, 0.3) is 17.1 Å². The molecule has 0 N–H and O–H groups in total. The predicted molar refractivity (Wildman–Crippen MR) is 52.4 cm³/mol. The molecule has 3 aromatic rings. The van der Waals surface area contributed by atoms with E-state index >= 15 is 0 Å². The van der Waals surface area contributed by atoms with Gasteiger partial charge in [-0.2, -0.15) is 4.68 Å². The molecule has 7 nitrogen and oxygen atoms in total. The summed E-state index contributed by atoms with van der Waals surface area (Å²) in [6.45, 7) is 0. The normalized spacial score (nSPS) is 10.5. The lowest BCUT2D eigenvalue weighted by Crippen LogP contribution is -1.97. The molecule has 2 aromatic heterocycles. The summed E-state index contributed by atoms with van der Waals surface area (Å²) in [5, 5.41) is 18.2. The lowest BCUT2D eigenvalue weighted by atomic mass is 10.2. The zero-order valence-corrected chi connectivity index (χ0v) is 8.06. The van der Waals surface area contributed by atoms with Crippen molar-refractivity contribution in [2.45, 2.75) is 0 Å². The zero-order chi connectivity index (χ0) is 10.8. The van der Waals surface area contributed by atoms with Gasteiger partial charge in [-0.1, -0.05) is 35.4 Å². The van der Waals surface area contributed by atoms with Crippen LogP contribution in [0.2, 0.25) is 0 Å². The molecule has 0 unspecified atom stereocenters. The maximum atomic E-state index is 5.10. The van der Waals surface area contributed by atoms with E-state index in [0.717, 1.165) is 5.56 Å². The number of nitrogens with zero attached hydrogens (tertiary/aromatic N) is 6. The van der Waals surface area contributed by atoms with Crippen LogP contribution in [-0.4, -0.2) is 30.6 Å². The molecule has 0 saturated carbocycles. The SMILES string of the molecule is c1ccc(-c2onnc2-n2cnnn2)cc1. The van der Waals surface area contributed by atoms with E-state index in [9.17, 15) is 0 Å². The second-order valence-electron chi connectivity index (χ2n) is 3.05. The van der Waals surface area contributed by atoms with Crippen LogP contribution in [-0.2, 0) is 0 Å². The Balaban J connectivity index is 2.14. The number of hydrogen-bond donors (Lipinski definition) is 0. The molecule has 0 spiro atoms. The van der Waals surface area contributed by atoms with Gasteiger partial charge in [-0.3, -0.25) is 0 Å². The number of tetrazole rings is 1. The largest absolute Gasteiger partial charge is 0.334 e. The van der Waals surface area contributed by atoms with E-state index in [2.05, 4.69) is 25.9 Å². The van der Waals surface area contributed by atoms with Crippen LogP contribution in [0.15, 0.2) is 41.2 Å². The van der Waals surface area contributed by atoms with E-state index in [4.69, 9.17) is 4.52 Å². The highest BCUT2D eigenvalue weighted by Gasteiger charge is 2.14. The molecule has 3 rings (SSSR count). The Morgan fingerprint density at radius 2 is 2.00 bits per heavy atom. The molecule has 78 valence electrons. The number of rotatable bonds is 2. The summed E-state index contributed by atoms with van der Waals surface area (Å²) < 4.78 is 6.50. The average molecular weight is 214 g/mol. The minimum atomic E-state index is 0.469. The molecule has 7 heteroatoms. The Labute approximate surface area is 89.7 Å². The van der Waals surface area contributed by atoms with Gasteiger partial charge in [0.15, 0.2) is 0 Å². The Hall–Kier alpha value is -2.57. The van der Waals surface area contributed by atoms with E-state index in [0.29, 0.717) is 11.6 Å². The highest BCUT2D eigenvalue weighted by Crippen LogP contribution is 2.23. The fourth-order valence-electron chi connectivity index (χ4n) is 1.37. The zero-order valence-electron chi connectivity index (χ0n) is 8.06. The molecule has 0 atom stereocenters. The summed E-state index contributed by atoms with van der Waals surface area (Å²) in [5.41, 5.74) is 0.873. The fraction of sp³-hybridized carbons (Fsp3) is 0. The van der Waals surface area contributed by atoms with Gasteiger partial charge >= 0.3 is 0 Å². The van der Waals surface area contributed by atoms with E-state index in [1.807, 2.05) is 30.3 Å². The molecule has 0 amide bonds. The van der Waals surface area contributed by atoms with Gasteiger partial charge in [-0.25, -0.2) is 0 Å². The quantitative estimate of drug-likeness (QED) is 0.624. The summed E-state index contributed by atoms with van der Waals surface area (Å²) in [5.74, 6) is 1.00. The first-order chi connectivity index (χ1) is 7.95. The van der Waals surface area contributed by atoms with Gasteiger partial charge in [0.05, 0.1) is 0 Å². The summed E-state index contributed by atoms with van der Waals surface area (Å²) in [6.07, 6.45) is 1.44. The van der Waals surface area contributed by atoms with Crippen LogP contribution >= 0.6 is 0 Å². The van der Waals surface area contributed by atoms with Crippen LogP contribution in [0, 0.1) is 0 Å². The highest BCUT2D eigenvalue weighted by molar-refractivity contribution is 5.63. The minimum absolute atomic E-state index is 0.469. The molecular formula is C9H6N6O. The lowest BCUT2D eigenvalue weighted by Gasteiger charge is -1.96. The van der Waals surface area contributed by atoms with Gasteiger partial charge in [0.1, 0.15) is 6.33 Å². The second kappa shape index (κ2) is 3.54.